The molecule has 1 heterocycles. The van der Waals surface area contributed by atoms with E-state index in [0.717, 1.165) is 27.6 Å². The molecular formula is C20H20N4OS. The number of benzene rings is 2. The first-order valence-electron chi connectivity index (χ1n) is 8.25. The van der Waals surface area contributed by atoms with Crippen LogP contribution in [-0.2, 0) is 0 Å². The highest BCUT2D eigenvalue weighted by Gasteiger charge is 2.17. The van der Waals surface area contributed by atoms with Crippen LogP contribution in [-0.4, -0.2) is 22.9 Å². The molecule has 0 unspecified atom stereocenters. The molecule has 0 saturated carbocycles. The number of hydrogen-bond acceptors (Lipinski definition) is 3. The molecule has 1 aromatic heterocycles. The number of pyridine rings is 1. The first kappa shape index (κ1) is 17.8. The Morgan fingerprint density at radius 3 is 2.58 bits per heavy atom. The minimum atomic E-state index is -0.182. The maximum absolute atomic E-state index is 12.9. The van der Waals surface area contributed by atoms with Gasteiger partial charge < -0.3 is 10.3 Å². The zero-order chi connectivity index (χ0) is 18.7. The Hall–Kier alpha value is -2.99. The maximum atomic E-state index is 12.9. The molecule has 132 valence electrons. The van der Waals surface area contributed by atoms with E-state index in [0.29, 0.717) is 16.4 Å². The fourth-order valence-electron chi connectivity index (χ4n) is 2.90. The first-order chi connectivity index (χ1) is 12.5. The lowest BCUT2D eigenvalue weighted by molar-refractivity contribution is 0.973. The lowest BCUT2D eigenvalue weighted by Crippen LogP contribution is -2.30. The first-order valence-corrected chi connectivity index (χ1v) is 8.66. The van der Waals surface area contributed by atoms with E-state index in [1.807, 2.05) is 49.4 Å². The molecule has 3 N–H and O–H groups in total. The van der Waals surface area contributed by atoms with Crippen molar-refractivity contribution in [2.45, 2.75) is 13.8 Å². The minimum Gasteiger partial charge on any atom is -0.364 e. The fourth-order valence-corrected chi connectivity index (χ4v) is 2.95. The molecule has 3 rings (SSSR count). The van der Waals surface area contributed by atoms with Crippen LogP contribution in [0.2, 0.25) is 0 Å². The van der Waals surface area contributed by atoms with Gasteiger partial charge in [-0.1, -0.05) is 42.0 Å². The SMILES string of the molecule is CNC(=S)NN=C(C)c1c(-c2ccccc2)c2cc(C)ccc2[nH]c1=O. The molecule has 0 saturated heterocycles. The van der Waals surface area contributed by atoms with Crippen molar-refractivity contribution in [2.75, 3.05) is 7.05 Å². The summed E-state index contributed by atoms with van der Waals surface area (Å²) in [6.07, 6.45) is 0. The second-order valence-electron chi connectivity index (χ2n) is 6.01. The topological polar surface area (TPSA) is 69.3 Å². The Kier molecular flexibility index (Phi) is 5.14. The van der Waals surface area contributed by atoms with E-state index in [2.05, 4.69) is 26.9 Å². The van der Waals surface area contributed by atoms with Gasteiger partial charge >= 0.3 is 0 Å². The standard InChI is InChI=1S/C20H20N4OS/c1-12-9-10-16-15(11-12)18(14-7-5-4-6-8-14)17(19(25)22-16)13(2)23-24-20(26)21-3/h4-11H,1-3H3,(H,22,25)(H2,21,24,26). The van der Waals surface area contributed by atoms with Gasteiger partial charge in [-0.2, -0.15) is 5.10 Å². The Bertz CT molecular complexity index is 1050. The molecule has 0 aliphatic carbocycles. The Morgan fingerprint density at radius 1 is 1.15 bits per heavy atom. The summed E-state index contributed by atoms with van der Waals surface area (Å²) in [6.45, 7) is 3.83. The summed E-state index contributed by atoms with van der Waals surface area (Å²) in [6, 6.07) is 15.9. The number of H-pyrrole nitrogens is 1. The molecule has 0 amide bonds. The van der Waals surface area contributed by atoms with E-state index < -0.39 is 0 Å². The van der Waals surface area contributed by atoms with Crippen molar-refractivity contribution in [2.24, 2.45) is 5.10 Å². The average molecular weight is 364 g/mol. The number of nitrogens with zero attached hydrogens (tertiary/aromatic N) is 1. The maximum Gasteiger partial charge on any atom is 0.258 e. The fraction of sp³-hybridized carbons (Fsp3) is 0.150. The summed E-state index contributed by atoms with van der Waals surface area (Å²) in [5, 5.41) is 8.45. The quantitative estimate of drug-likeness (QED) is 0.379. The largest absolute Gasteiger partial charge is 0.364 e. The summed E-state index contributed by atoms with van der Waals surface area (Å²) >= 11 is 5.06. The number of rotatable bonds is 3. The van der Waals surface area contributed by atoms with Gasteiger partial charge in [0.2, 0.25) is 0 Å². The van der Waals surface area contributed by atoms with Crippen molar-refractivity contribution in [3.63, 3.8) is 0 Å². The van der Waals surface area contributed by atoms with E-state index in [-0.39, 0.29) is 5.56 Å². The number of aryl methyl sites for hydroxylation is 1. The lowest BCUT2D eigenvalue weighted by Gasteiger charge is -2.14. The second kappa shape index (κ2) is 7.49. The molecule has 0 radical (unpaired) electrons. The minimum absolute atomic E-state index is 0.182. The zero-order valence-electron chi connectivity index (χ0n) is 14.9. The van der Waals surface area contributed by atoms with Crippen LogP contribution < -0.4 is 16.3 Å². The lowest BCUT2D eigenvalue weighted by atomic mass is 9.93. The van der Waals surface area contributed by atoms with Gasteiger partial charge in [0, 0.05) is 23.5 Å². The van der Waals surface area contributed by atoms with Crippen LogP contribution in [0.15, 0.2) is 58.4 Å². The van der Waals surface area contributed by atoms with E-state index in [1.165, 1.54) is 0 Å². The van der Waals surface area contributed by atoms with E-state index in [1.54, 1.807) is 14.0 Å². The summed E-state index contributed by atoms with van der Waals surface area (Å²) in [4.78, 5) is 15.8. The highest BCUT2D eigenvalue weighted by molar-refractivity contribution is 7.80. The van der Waals surface area contributed by atoms with Crippen LogP contribution in [0.5, 0.6) is 0 Å². The average Bonchev–Trinajstić information content (AvgIpc) is 2.65. The molecule has 0 aliphatic rings. The smallest absolute Gasteiger partial charge is 0.258 e. The summed E-state index contributed by atoms with van der Waals surface area (Å²) in [5.41, 5.74) is 7.42. The zero-order valence-corrected chi connectivity index (χ0v) is 15.7. The van der Waals surface area contributed by atoms with Crippen molar-refractivity contribution in [3.8, 4) is 11.1 Å². The van der Waals surface area contributed by atoms with E-state index >= 15 is 0 Å². The van der Waals surface area contributed by atoms with Gasteiger partial charge in [-0.3, -0.25) is 10.2 Å². The number of hydrazone groups is 1. The van der Waals surface area contributed by atoms with Crippen LogP contribution in [0.25, 0.3) is 22.0 Å². The van der Waals surface area contributed by atoms with Gasteiger partial charge in [-0.05, 0) is 43.8 Å². The van der Waals surface area contributed by atoms with Crippen LogP contribution >= 0.6 is 12.2 Å². The second-order valence-corrected chi connectivity index (χ2v) is 6.42. The Balaban J connectivity index is 2.33. The monoisotopic (exact) mass is 364 g/mol. The highest BCUT2D eigenvalue weighted by atomic mass is 32.1. The molecule has 3 aromatic rings. The van der Waals surface area contributed by atoms with E-state index in [9.17, 15) is 4.79 Å². The van der Waals surface area contributed by atoms with Gasteiger partial charge in [0.1, 0.15) is 0 Å². The summed E-state index contributed by atoms with van der Waals surface area (Å²) in [7, 11) is 1.71. The number of thiocarbonyl (C=S) groups is 1. The number of aromatic amines is 1. The molecule has 2 aromatic carbocycles. The van der Waals surface area contributed by atoms with Crippen LogP contribution in [0.4, 0.5) is 0 Å². The molecule has 6 heteroatoms. The molecule has 0 atom stereocenters. The third kappa shape index (κ3) is 3.50. The predicted octanol–water partition coefficient (Wildman–Crippen LogP) is 3.32. The molecule has 26 heavy (non-hydrogen) atoms. The van der Waals surface area contributed by atoms with Crippen molar-refractivity contribution >= 4 is 33.9 Å². The number of hydrogen-bond donors (Lipinski definition) is 3. The molecular weight excluding hydrogens is 344 g/mol. The molecule has 5 nitrogen and oxygen atoms in total. The van der Waals surface area contributed by atoms with Crippen LogP contribution in [0, 0.1) is 6.92 Å². The van der Waals surface area contributed by atoms with Gasteiger partial charge in [-0.25, -0.2) is 0 Å². The number of nitrogens with one attached hydrogen (secondary N) is 3. The number of aromatic nitrogens is 1. The predicted molar refractivity (Wildman–Crippen MR) is 112 cm³/mol. The van der Waals surface area contributed by atoms with Gasteiger partial charge in [0.15, 0.2) is 5.11 Å². The van der Waals surface area contributed by atoms with Crippen LogP contribution in [0.3, 0.4) is 0 Å². The van der Waals surface area contributed by atoms with Gasteiger partial charge in [0.05, 0.1) is 11.3 Å². The highest BCUT2D eigenvalue weighted by Crippen LogP contribution is 2.30. The van der Waals surface area contributed by atoms with Gasteiger partial charge in [0.25, 0.3) is 5.56 Å². The Labute approximate surface area is 157 Å². The normalized spacial score (nSPS) is 11.4. The molecule has 0 bridgehead atoms. The third-order valence-electron chi connectivity index (χ3n) is 4.15. The molecule has 0 aliphatic heterocycles. The molecule has 0 fully saturated rings. The number of fused-ring (bicyclic) bond motifs is 1. The van der Waals surface area contributed by atoms with Crippen molar-refractivity contribution < 1.29 is 0 Å². The van der Waals surface area contributed by atoms with Crippen LogP contribution in [0.1, 0.15) is 18.1 Å². The third-order valence-corrected chi connectivity index (χ3v) is 4.44. The van der Waals surface area contributed by atoms with Gasteiger partial charge in [-0.15, -0.1) is 0 Å². The summed E-state index contributed by atoms with van der Waals surface area (Å²) in [5.74, 6) is 0. The van der Waals surface area contributed by atoms with Crippen molar-refractivity contribution in [1.29, 1.82) is 0 Å². The van der Waals surface area contributed by atoms with E-state index in [4.69, 9.17) is 12.2 Å². The summed E-state index contributed by atoms with van der Waals surface area (Å²) < 4.78 is 0. The molecule has 0 spiro atoms. The Morgan fingerprint density at radius 2 is 1.88 bits per heavy atom. The van der Waals surface area contributed by atoms with Crippen molar-refractivity contribution in [1.82, 2.24) is 15.7 Å². The van der Waals surface area contributed by atoms with Crippen molar-refractivity contribution in [3.05, 3.63) is 70.0 Å².